The van der Waals surface area contributed by atoms with Gasteiger partial charge in [-0.2, -0.15) is 0 Å². The number of ketones is 1. The summed E-state index contributed by atoms with van der Waals surface area (Å²) < 4.78 is 7.31. The largest absolute Gasteiger partial charge is 0.456 e. The van der Waals surface area contributed by atoms with Crippen LogP contribution in [0.15, 0.2) is 40.2 Å². The lowest BCUT2D eigenvalue weighted by Gasteiger charge is -2.04. The normalized spacial score (nSPS) is 10.8. The van der Waals surface area contributed by atoms with Gasteiger partial charge in [0, 0.05) is 0 Å². The van der Waals surface area contributed by atoms with E-state index in [2.05, 4.69) is 26.2 Å². The molecule has 112 valence electrons. The Morgan fingerprint density at radius 2 is 2.05 bits per heavy atom. The topological polar surface area (TPSA) is 74.1 Å². The predicted octanol–water partition coefficient (Wildman–Crippen LogP) is 2.68. The van der Waals surface area contributed by atoms with Gasteiger partial charge in [-0.05, 0) is 40.2 Å². The maximum absolute atomic E-state index is 11.9. The number of halogens is 1. The van der Waals surface area contributed by atoms with Gasteiger partial charge in [-0.25, -0.2) is 4.68 Å². The molecule has 2 aromatic heterocycles. The van der Waals surface area contributed by atoms with Crippen LogP contribution in [0.5, 0.6) is 0 Å². The first-order chi connectivity index (χ1) is 10.6. The predicted molar refractivity (Wildman–Crippen MR) is 84.8 cm³/mol. The molecular formula is C14H10BrN3O3S. The van der Waals surface area contributed by atoms with Gasteiger partial charge in [-0.3, -0.25) is 9.59 Å². The third-order valence-corrected chi connectivity index (χ3v) is 4.58. The zero-order valence-electron chi connectivity index (χ0n) is 11.2. The number of fused-ring (bicyclic) bond motifs is 1. The summed E-state index contributed by atoms with van der Waals surface area (Å²) >= 11 is 4.59. The van der Waals surface area contributed by atoms with Crippen LogP contribution in [0.4, 0.5) is 0 Å². The maximum Gasteiger partial charge on any atom is 0.328 e. The second-order valence-electron chi connectivity index (χ2n) is 4.42. The molecule has 0 unspecified atom stereocenters. The molecule has 0 fully saturated rings. The Balaban J connectivity index is 1.60. The van der Waals surface area contributed by atoms with E-state index in [1.807, 2.05) is 24.3 Å². The first-order valence-electron chi connectivity index (χ1n) is 6.36. The number of nitrogens with zero attached hydrogens (tertiary/aromatic N) is 3. The number of benzene rings is 1. The van der Waals surface area contributed by atoms with E-state index in [4.69, 9.17) is 4.74 Å². The van der Waals surface area contributed by atoms with Gasteiger partial charge in [0.25, 0.3) is 0 Å². The first kappa shape index (κ1) is 14.9. The number of para-hydroxylation sites is 1. The third kappa shape index (κ3) is 3.23. The van der Waals surface area contributed by atoms with Crippen LogP contribution in [0.1, 0.15) is 9.67 Å². The molecule has 0 bridgehead atoms. The Morgan fingerprint density at radius 3 is 2.82 bits per heavy atom. The lowest BCUT2D eigenvalue weighted by atomic mass is 10.3. The molecule has 0 aliphatic rings. The number of hydrogen-bond acceptors (Lipinski definition) is 6. The molecule has 22 heavy (non-hydrogen) atoms. The molecule has 0 radical (unpaired) electrons. The van der Waals surface area contributed by atoms with E-state index >= 15 is 0 Å². The van der Waals surface area contributed by atoms with Crippen molar-refractivity contribution in [1.29, 1.82) is 0 Å². The molecule has 0 N–H and O–H groups in total. The van der Waals surface area contributed by atoms with Crippen molar-refractivity contribution in [1.82, 2.24) is 15.0 Å². The SMILES string of the molecule is O=C(Cn1nnc2ccccc21)OCC(=O)c1ccc(Br)s1. The van der Waals surface area contributed by atoms with Crippen molar-refractivity contribution in [3.8, 4) is 0 Å². The van der Waals surface area contributed by atoms with Gasteiger partial charge in [0.1, 0.15) is 12.1 Å². The summed E-state index contributed by atoms with van der Waals surface area (Å²) in [6.07, 6.45) is 0. The second-order valence-corrected chi connectivity index (χ2v) is 6.89. The highest BCUT2D eigenvalue weighted by Gasteiger charge is 2.14. The average molecular weight is 380 g/mol. The lowest BCUT2D eigenvalue weighted by Crippen LogP contribution is -2.18. The number of rotatable bonds is 5. The molecule has 0 atom stereocenters. The van der Waals surface area contributed by atoms with E-state index in [1.54, 1.807) is 12.1 Å². The molecular weight excluding hydrogens is 370 g/mol. The van der Waals surface area contributed by atoms with E-state index in [0.29, 0.717) is 10.4 Å². The highest BCUT2D eigenvalue weighted by Crippen LogP contribution is 2.22. The molecule has 0 aliphatic carbocycles. The minimum atomic E-state index is -0.528. The molecule has 0 aliphatic heterocycles. The summed E-state index contributed by atoms with van der Waals surface area (Å²) in [4.78, 5) is 24.2. The molecule has 2 heterocycles. The zero-order valence-corrected chi connectivity index (χ0v) is 13.6. The Labute approximate surface area is 137 Å². The Kier molecular flexibility index (Phi) is 4.30. The number of carbonyl (C=O) groups excluding carboxylic acids is 2. The second kappa shape index (κ2) is 6.37. The quantitative estimate of drug-likeness (QED) is 0.503. The Bertz CT molecular complexity index is 843. The van der Waals surface area contributed by atoms with Crippen molar-refractivity contribution in [2.24, 2.45) is 0 Å². The molecule has 0 amide bonds. The van der Waals surface area contributed by atoms with Crippen LogP contribution < -0.4 is 0 Å². The molecule has 0 saturated carbocycles. The number of Topliss-reactive ketones (excluding diaryl/α,β-unsaturated/α-hetero) is 1. The van der Waals surface area contributed by atoms with Gasteiger partial charge in [0.15, 0.2) is 6.61 Å². The summed E-state index contributed by atoms with van der Waals surface area (Å²) in [6.45, 7) is -0.361. The fraction of sp³-hybridized carbons (Fsp3) is 0.143. The number of hydrogen-bond donors (Lipinski definition) is 0. The fourth-order valence-electron chi connectivity index (χ4n) is 1.88. The van der Waals surface area contributed by atoms with Crippen LogP contribution >= 0.6 is 27.3 Å². The molecule has 0 saturated heterocycles. The molecule has 3 aromatic rings. The van der Waals surface area contributed by atoms with Crippen molar-refractivity contribution in [2.45, 2.75) is 6.54 Å². The van der Waals surface area contributed by atoms with E-state index in [0.717, 1.165) is 9.30 Å². The Hall–Kier alpha value is -2.06. The molecule has 3 rings (SSSR count). The van der Waals surface area contributed by atoms with Crippen LogP contribution in [0.25, 0.3) is 11.0 Å². The van der Waals surface area contributed by atoms with Crippen molar-refractivity contribution < 1.29 is 14.3 Å². The molecule has 0 spiro atoms. The molecule has 8 heteroatoms. The van der Waals surface area contributed by atoms with Gasteiger partial charge in [-0.15, -0.1) is 16.4 Å². The van der Waals surface area contributed by atoms with Crippen LogP contribution in [-0.4, -0.2) is 33.4 Å². The van der Waals surface area contributed by atoms with E-state index < -0.39 is 5.97 Å². The number of ether oxygens (including phenoxy) is 1. The summed E-state index contributed by atoms with van der Waals surface area (Å²) in [6, 6.07) is 10.8. The van der Waals surface area contributed by atoms with E-state index in [9.17, 15) is 9.59 Å². The average Bonchev–Trinajstić information content (AvgIpc) is 3.12. The first-order valence-corrected chi connectivity index (χ1v) is 7.97. The number of carbonyl (C=O) groups is 2. The zero-order chi connectivity index (χ0) is 15.5. The van der Waals surface area contributed by atoms with Crippen LogP contribution in [0.3, 0.4) is 0 Å². The van der Waals surface area contributed by atoms with Crippen molar-refractivity contribution in [3.63, 3.8) is 0 Å². The monoisotopic (exact) mass is 379 g/mol. The smallest absolute Gasteiger partial charge is 0.328 e. The third-order valence-electron chi connectivity index (χ3n) is 2.91. The molecule has 1 aromatic carbocycles. The van der Waals surface area contributed by atoms with Crippen LogP contribution in [0.2, 0.25) is 0 Å². The number of aromatic nitrogens is 3. The number of esters is 1. The summed E-state index contributed by atoms with van der Waals surface area (Å²) in [7, 11) is 0. The Morgan fingerprint density at radius 1 is 1.23 bits per heavy atom. The minimum absolute atomic E-state index is 0.0814. The highest BCUT2D eigenvalue weighted by molar-refractivity contribution is 9.11. The summed E-state index contributed by atoms with van der Waals surface area (Å²) in [5.74, 6) is -0.757. The van der Waals surface area contributed by atoms with Gasteiger partial charge in [0.2, 0.25) is 5.78 Å². The van der Waals surface area contributed by atoms with Crippen LogP contribution in [0, 0.1) is 0 Å². The highest BCUT2D eigenvalue weighted by atomic mass is 79.9. The lowest BCUT2D eigenvalue weighted by molar-refractivity contribution is -0.143. The summed E-state index contributed by atoms with van der Waals surface area (Å²) in [5, 5.41) is 7.85. The van der Waals surface area contributed by atoms with Crippen LogP contribution in [-0.2, 0) is 16.1 Å². The number of thiophene rings is 1. The van der Waals surface area contributed by atoms with Gasteiger partial charge in [-0.1, -0.05) is 17.3 Å². The fourth-order valence-corrected chi connectivity index (χ4v) is 3.19. The van der Waals surface area contributed by atoms with Crippen molar-refractivity contribution in [2.75, 3.05) is 6.61 Å². The standard InChI is InChI=1S/C14H10BrN3O3S/c15-13-6-5-12(22-13)11(19)8-21-14(20)7-18-10-4-2-1-3-9(10)16-17-18/h1-6H,7-8H2. The molecule has 6 nitrogen and oxygen atoms in total. The minimum Gasteiger partial charge on any atom is -0.456 e. The van der Waals surface area contributed by atoms with E-state index in [-0.39, 0.29) is 18.9 Å². The van der Waals surface area contributed by atoms with Crippen molar-refractivity contribution in [3.05, 3.63) is 45.1 Å². The van der Waals surface area contributed by atoms with Gasteiger partial charge < -0.3 is 4.74 Å². The van der Waals surface area contributed by atoms with Crippen molar-refractivity contribution >= 4 is 50.1 Å². The van der Waals surface area contributed by atoms with Gasteiger partial charge in [0.05, 0.1) is 14.2 Å². The van der Waals surface area contributed by atoms with Gasteiger partial charge >= 0.3 is 5.97 Å². The maximum atomic E-state index is 11.9. The van der Waals surface area contributed by atoms with E-state index in [1.165, 1.54) is 16.0 Å². The summed E-state index contributed by atoms with van der Waals surface area (Å²) in [5.41, 5.74) is 1.45.